The quantitative estimate of drug-likeness (QED) is 0.638. The number of likely N-dealkylation sites (N-methyl/N-ethyl adjacent to an activating group) is 1. The average Bonchev–Trinajstić information content (AvgIpc) is 3.12. The fourth-order valence-electron chi connectivity index (χ4n) is 4.02. The molecule has 0 bridgehead atoms. The summed E-state index contributed by atoms with van der Waals surface area (Å²) in [5.41, 5.74) is 2.31. The molecule has 2 aromatic heterocycles. The maximum Gasteiger partial charge on any atom is 0.332 e. The average molecular weight is 425 g/mol. The first kappa shape index (κ1) is 20.9. The second-order valence-corrected chi connectivity index (χ2v) is 8.10. The number of rotatable bonds is 4. The van der Waals surface area contributed by atoms with Crippen LogP contribution in [0.1, 0.15) is 5.56 Å². The molecule has 164 valence electrons. The van der Waals surface area contributed by atoms with Gasteiger partial charge < -0.3 is 19.7 Å². The van der Waals surface area contributed by atoms with Crippen LogP contribution in [0, 0.1) is 6.92 Å². The number of fused-ring (bicyclic) bond motifs is 1. The van der Waals surface area contributed by atoms with Crippen LogP contribution in [0.5, 0.6) is 0 Å². The van der Waals surface area contributed by atoms with Crippen LogP contribution in [0.4, 0.5) is 11.4 Å². The van der Waals surface area contributed by atoms with Crippen molar-refractivity contribution < 1.29 is 4.79 Å². The second-order valence-electron chi connectivity index (χ2n) is 8.10. The molecule has 10 nitrogen and oxygen atoms in total. The van der Waals surface area contributed by atoms with E-state index in [-0.39, 0.29) is 12.1 Å². The van der Waals surface area contributed by atoms with Crippen LogP contribution in [0.3, 0.4) is 0 Å². The van der Waals surface area contributed by atoms with E-state index in [0.29, 0.717) is 11.3 Å². The van der Waals surface area contributed by atoms with Crippen LogP contribution < -0.4 is 21.5 Å². The van der Waals surface area contributed by atoms with Gasteiger partial charge in [-0.3, -0.25) is 14.2 Å². The summed E-state index contributed by atoms with van der Waals surface area (Å²) in [7, 11) is 5.33. The van der Waals surface area contributed by atoms with Gasteiger partial charge in [0.1, 0.15) is 6.54 Å². The standard InChI is InChI=1S/C21H27N7O3/c1-14-11-15(5-6-16(14)27-9-7-24(2)8-10-27)23-17(29)12-28-20(30)18-19(22-13-25(18)3)26(4)21(28)31/h5-6,11,13H,7-10,12H2,1-4H3,(H,23,29). The van der Waals surface area contributed by atoms with Gasteiger partial charge in [-0.1, -0.05) is 0 Å². The number of nitrogens with zero attached hydrogens (tertiary/aromatic N) is 6. The third-order valence-corrected chi connectivity index (χ3v) is 5.83. The van der Waals surface area contributed by atoms with Crippen molar-refractivity contribution in [1.29, 1.82) is 0 Å². The monoisotopic (exact) mass is 425 g/mol. The SMILES string of the molecule is Cc1cc(NC(=O)Cn2c(=O)c3c(ncn3C)n(C)c2=O)ccc1N1CCN(C)CC1. The van der Waals surface area contributed by atoms with E-state index in [1.165, 1.54) is 17.9 Å². The molecule has 1 aliphatic rings. The minimum absolute atomic E-state index is 0.280. The second kappa shape index (κ2) is 8.03. The number of imidazole rings is 1. The van der Waals surface area contributed by atoms with Gasteiger partial charge in [-0.15, -0.1) is 0 Å². The van der Waals surface area contributed by atoms with Crippen molar-refractivity contribution in [3.05, 3.63) is 50.9 Å². The molecule has 1 aromatic carbocycles. The van der Waals surface area contributed by atoms with Gasteiger partial charge in [0.25, 0.3) is 5.56 Å². The Kier molecular flexibility index (Phi) is 5.40. The molecular formula is C21H27N7O3. The van der Waals surface area contributed by atoms with E-state index in [1.807, 2.05) is 25.1 Å². The van der Waals surface area contributed by atoms with Crippen molar-refractivity contribution in [1.82, 2.24) is 23.6 Å². The van der Waals surface area contributed by atoms with Crippen LogP contribution in [0.2, 0.25) is 0 Å². The number of carbonyl (C=O) groups excluding carboxylic acids is 1. The minimum atomic E-state index is -0.576. The van der Waals surface area contributed by atoms with Crippen molar-refractivity contribution in [2.24, 2.45) is 14.1 Å². The number of piperazine rings is 1. The number of carbonyl (C=O) groups is 1. The van der Waals surface area contributed by atoms with Gasteiger partial charge in [-0.25, -0.2) is 14.3 Å². The normalized spacial score (nSPS) is 14.9. The van der Waals surface area contributed by atoms with E-state index in [4.69, 9.17) is 0 Å². The fourth-order valence-corrected chi connectivity index (χ4v) is 4.02. The van der Waals surface area contributed by atoms with Crippen LogP contribution in [-0.4, -0.2) is 62.7 Å². The number of amides is 1. The van der Waals surface area contributed by atoms with Gasteiger partial charge in [0, 0.05) is 51.6 Å². The lowest BCUT2D eigenvalue weighted by Gasteiger charge is -2.35. The molecule has 10 heteroatoms. The summed E-state index contributed by atoms with van der Waals surface area (Å²) < 4.78 is 3.76. The predicted octanol–water partition coefficient (Wildman–Crippen LogP) is 0.133. The summed E-state index contributed by atoms with van der Waals surface area (Å²) in [5.74, 6) is -0.438. The Balaban J connectivity index is 1.53. The van der Waals surface area contributed by atoms with E-state index < -0.39 is 17.2 Å². The van der Waals surface area contributed by atoms with Crippen molar-refractivity contribution in [2.45, 2.75) is 13.5 Å². The third kappa shape index (κ3) is 3.86. The molecule has 1 amide bonds. The van der Waals surface area contributed by atoms with Gasteiger partial charge in [0.2, 0.25) is 5.91 Å². The lowest BCUT2D eigenvalue weighted by atomic mass is 10.1. The zero-order valence-corrected chi connectivity index (χ0v) is 18.3. The zero-order chi connectivity index (χ0) is 22.3. The molecule has 1 fully saturated rings. The smallest absolute Gasteiger partial charge is 0.332 e. The van der Waals surface area contributed by atoms with Gasteiger partial charge >= 0.3 is 5.69 Å². The van der Waals surface area contributed by atoms with E-state index in [2.05, 4.69) is 27.1 Å². The first-order valence-electron chi connectivity index (χ1n) is 10.2. The topological polar surface area (TPSA) is 97.4 Å². The molecule has 0 unspecified atom stereocenters. The zero-order valence-electron chi connectivity index (χ0n) is 18.3. The molecule has 0 saturated carbocycles. The molecule has 1 N–H and O–H groups in total. The van der Waals surface area contributed by atoms with E-state index in [9.17, 15) is 14.4 Å². The van der Waals surface area contributed by atoms with Crippen molar-refractivity contribution in [3.8, 4) is 0 Å². The number of anilines is 2. The van der Waals surface area contributed by atoms with Crippen LogP contribution >= 0.6 is 0 Å². The van der Waals surface area contributed by atoms with Crippen LogP contribution in [0.15, 0.2) is 34.1 Å². The Bertz CT molecular complexity index is 1260. The molecule has 4 rings (SSSR count). The van der Waals surface area contributed by atoms with Crippen molar-refractivity contribution >= 4 is 28.4 Å². The summed E-state index contributed by atoms with van der Waals surface area (Å²) in [6.07, 6.45) is 1.47. The lowest BCUT2D eigenvalue weighted by Crippen LogP contribution is -2.44. The highest BCUT2D eigenvalue weighted by atomic mass is 16.2. The van der Waals surface area contributed by atoms with Gasteiger partial charge in [0.05, 0.1) is 6.33 Å². The molecule has 3 aromatic rings. The number of nitrogens with one attached hydrogen (secondary N) is 1. The van der Waals surface area contributed by atoms with Gasteiger partial charge in [0.15, 0.2) is 11.2 Å². The molecule has 1 aliphatic heterocycles. The number of aromatic nitrogens is 4. The highest BCUT2D eigenvalue weighted by Crippen LogP contribution is 2.24. The molecule has 0 aliphatic carbocycles. The highest BCUT2D eigenvalue weighted by Gasteiger charge is 2.18. The summed E-state index contributed by atoms with van der Waals surface area (Å²) in [5, 5.41) is 2.80. The lowest BCUT2D eigenvalue weighted by molar-refractivity contribution is -0.116. The molecule has 0 radical (unpaired) electrons. The van der Waals surface area contributed by atoms with Crippen LogP contribution in [-0.2, 0) is 25.4 Å². The van der Waals surface area contributed by atoms with Crippen molar-refractivity contribution in [3.63, 3.8) is 0 Å². The molecule has 0 atom stereocenters. The Morgan fingerprint density at radius 3 is 2.48 bits per heavy atom. The molecular weight excluding hydrogens is 398 g/mol. The van der Waals surface area contributed by atoms with Crippen LogP contribution in [0.25, 0.3) is 11.2 Å². The number of aryl methyl sites for hydroxylation is 3. The third-order valence-electron chi connectivity index (χ3n) is 5.83. The molecule has 1 saturated heterocycles. The Hall–Kier alpha value is -3.40. The van der Waals surface area contributed by atoms with Crippen molar-refractivity contribution in [2.75, 3.05) is 43.4 Å². The molecule has 31 heavy (non-hydrogen) atoms. The Morgan fingerprint density at radius 2 is 1.81 bits per heavy atom. The number of hydrogen-bond donors (Lipinski definition) is 1. The summed E-state index contributed by atoms with van der Waals surface area (Å²) in [4.78, 5) is 46.7. The number of benzene rings is 1. The largest absolute Gasteiger partial charge is 0.369 e. The predicted molar refractivity (Wildman–Crippen MR) is 120 cm³/mol. The summed E-state index contributed by atoms with van der Waals surface area (Å²) in [6.45, 7) is 5.61. The highest BCUT2D eigenvalue weighted by molar-refractivity contribution is 5.91. The Morgan fingerprint density at radius 1 is 1.10 bits per heavy atom. The van der Waals surface area contributed by atoms with E-state index in [0.717, 1.165) is 42.0 Å². The first-order chi connectivity index (χ1) is 14.8. The molecule has 0 spiro atoms. The Labute approximate surface area is 179 Å². The van der Waals surface area contributed by atoms with E-state index in [1.54, 1.807) is 11.6 Å². The number of hydrogen-bond acceptors (Lipinski definition) is 6. The summed E-state index contributed by atoms with van der Waals surface area (Å²) >= 11 is 0. The molecule has 3 heterocycles. The van der Waals surface area contributed by atoms with Gasteiger partial charge in [-0.2, -0.15) is 0 Å². The fraction of sp³-hybridized carbons (Fsp3) is 0.429. The van der Waals surface area contributed by atoms with E-state index >= 15 is 0 Å². The first-order valence-corrected chi connectivity index (χ1v) is 10.2. The van der Waals surface area contributed by atoms with Gasteiger partial charge in [-0.05, 0) is 37.7 Å². The minimum Gasteiger partial charge on any atom is -0.369 e. The maximum absolute atomic E-state index is 12.8. The summed E-state index contributed by atoms with van der Waals surface area (Å²) in [6, 6.07) is 5.77. The maximum atomic E-state index is 12.8.